The summed E-state index contributed by atoms with van der Waals surface area (Å²) in [5.41, 5.74) is 7.79. The van der Waals surface area contributed by atoms with Gasteiger partial charge in [0.25, 0.3) is 11.9 Å². The molecule has 4 heterocycles. The number of fused-ring (bicyclic) bond motifs is 1. The summed E-state index contributed by atoms with van der Waals surface area (Å²) >= 11 is 0. The molecule has 2 aliphatic heterocycles. The number of carbonyl (C=O) groups excluding carboxylic acids is 1. The summed E-state index contributed by atoms with van der Waals surface area (Å²) < 4.78 is 24.0. The van der Waals surface area contributed by atoms with Gasteiger partial charge in [-0.3, -0.25) is 14.3 Å². The number of rotatable bonds is 7. The third-order valence-electron chi connectivity index (χ3n) is 7.53. The van der Waals surface area contributed by atoms with Gasteiger partial charge in [0.15, 0.2) is 5.67 Å². The van der Waals surface area contributed by atoms with Crippen molar-refractivity contribution < 1.29 is 13.9 Å². The van der Waals surface area contributed by atoms with Crippen LogP contribution in [0.15, 0.2) is 30.6 Å². The number of nitrogens with two attached hydrogens (primary N) is 1. The standard InChI is InChI=1S/C27H36FN7O2/c1-3-14-37-26-32-22-15-19(2)4-5-23(22)35(26)21-6-10-34(11-7-21)24(36)27(28)8-12-33(13-9-27)18-20-16-30-25(29)31-17-20/h4-5,15-17,21H,3,6-14,18H2,1-2H3,(H2,29,30,31). The van der Waals surface area contributed by atoms with Crippen LogP contribution in [0, 0.1) is 6.92 Å². The van der Waals surface area contributed by atoms with Crippen molar-refractivity contribution in [3.8, 4) is 6.01 Å². The molecular weight excluding hydrogens is 473 g/mol. The minimum absolute atomic E-state index is 0.156. The number of ether oxygens (including phenoxy) is 1. The second-order valence-corrected chi connectivity index (χ2v) is 10.3. The largest absolute Gasteiger partial charge is 0.465 e. The predicted molar refractivity (Wildman–Crippen MR) is 140 cm³/mol. The van der Waals surface area contributed by atoms with E-state index in [1.807, 2.05) is 0 Å². The van der Waals surface area contributed by atoms with Gasteiger partial charge in [0.2, 0.25) is 5.95 Å². The molecule has 0 bridgehead atoms. The molecular formula is C27H36FN7O2. The van der Waals surface area contributed by atoms with Crippen molar-refractivity contribution in [2.75, 3.05) is 38.5 Å². The molecule has 0 atom stereocenters. The fourth-order valence-corrected chi connectivity index (χ4v) is 5.43. The third kappa shape index (κ3) is 5.39. The van der Waals surface area contributed by atoms with Gasteiger partial charge in [-0.15, -0.1) is 0 Å². The van der Waals surface area contributed by atoms with Gasteiger partial charge in [0, 0.05) is 69.6 Å². The number of anilines is 1. The number of alkyl halides is 1. The first-order valence-corrected chi connectivity index (χ1v) is 13.2. The second kappa shape index (κ2) is 10.6. The smallest absolute Gasteiger partial charge is 0.297 e. The zero-order valence-corrected chi connectivity index (χ0v) is 21.7. The van der Waals surface area contributed by atoms with Crippen molar-refractivity contribution in [1.82, 2.24) is 29.3 Å². The zero-order chi connectivity index (χ0) is 26.0. The summed E-state index contributed by atoms with van der Waals surface area (Å²) in [4.78, 5) is 29.9. The van der Waals surface area contributed by atoms with Crippen LogP contribution in [0.25, 0.3) is 11.0 Å². The number of hydrogen-bond donors (Lipinski definition) is 1. The molecule has 0 unspecified atom stereocenters. The predicted octanol–water partition coefficient (Wildman–Crippen LogP) is 3.67. The number of nitrogen functional groups attached to an aromatic ring is 1. The second-order valence-electron chi connectivity index (χ2n) is 10.3. The van der Waals surface area contributed by atoms with E-state index in [0.717, 1.165) is 41.4 Å². The summed E-state index contributed by atoms with van der Waals surface area (Å²) in [6.07, 6.45) is 6.17. The van der Waals surface area contributed by atoms with Crippen LogP contribution >= 0.6 is 0 Å². The average Bonchev–Trinajstić information content (AvgIpc) is 3.27. The monoisotopic (exact) mass is 509 g/mol. The Balaban J connectivity index is 1.21. The molecule has 2 saturated heterocycles. The van der Waals surface area contributed by atoms with E-state index in [-0.39, 0.29) is 30.7 Å². The zero-order valence-electron chi connectivity index (χ0n) is 21.7. The topological polar surface area (TPSA) is 102 Å². The Morgan fingerprint density at radius 3 is 2.54 bits per heavy atom. The highest BCUT2D eigenvalue weighted by atomic mass is 19.1. The van der Waals surface area contributed by atoms with E-state index >= 15 is 4.39 Å². The molecule has 0 saturated carbocycles. The van der Waals surface area contributed by atoms with Crippen LogP contribution in [0.2, 0.25) is 0 Å². The van der Waals surface area contributed by atoms with Gasteiger partial charge in [0.1, 0.15) is 0 Å². The molecule has 0 aliphatic carbocycles. The first-order valence-electron chi connectivity index (χ1n) is 13.2. The number of imidazole rings is 1. The van der Waals surface area contributed by atoms with Crippen LogP contribution in [0.3, 0.4) is 0 Å². The van der Waals surface area contributed by atoms with E-state index in [1.54, 1.807) is 17.3 Å². The number of halogens is 1. The number of likely N-dealkylation sites (tertiary alicyclic amines) is 2. The van der Waals surface area contributed by atoms with Crippen LogP contribution in [0.5, 0.6) is 6.01 Å². The number of aromatic nitrogens is 4. The first kappa shape index (κ1) is 25.4. The fraction of sp³-hybridized carbons (Fsp3) is 0.556. The highest BCUT2D eigenvalue weighted by Gasteiger charge is 2.45. The lowest BCUT2D eigenvalue weighted by Crippen LogP contribution is -2.53. The molecule has 9 nitrogen and oxygen atoms in total. The Morgan fingerprint density at radius 2 is 1.86 bits per heavy atom. The quantitative estimate of drug-likeness (QED) is 0.518. The molecule has 2 N–H and O–H groups in total. The maximum Gasteiger partial charge on any atom is 0.297 e. The molecule has 3 aromatic rings. The number of hydrogen-bond acceptors (Lipinski definition) is 7. The van der Waals surface area contributed by atoms with Crippen LogP contribution in [0.4, 0.5) is 10.3 Å². The molecule has 10 heteroatoms. The Labute approximate surface area is 216 Å². The number of aryl methyl sites for hydroxylation is 1. The summed E-state index contributed by atoms with van der Waals surface area (Å²) in [6, 6.07) is 7.04. The molecule has 1 amide bonds. The molecule has 0 radical (unpaired) electrons. The van der Waals surface area contributed by atoms with E-state index in [2.05, 4.69) is 51.5 Å². The molecule has 1 aromatic carbocycles. The van der Waals surface area contributed by atoms with Crippen molar-refractivity contribution in [2.24, 2.45) is 0 Å². The van der Waals surface area contributed by atoms with Gasteiger partial charge in [-0.1, -0.05) is 13.0 Å². The van der Waals surface area contributed by atoms with Crippen molar-refractivity contribution in [1.29, 1.82) is 0 Å². The summed E-state index contributed by atoms with van der Waals surface area (Å²) in [6.45, 7) is 7.44. The van der Waals surface area contributed by atoms with Gasteiger partial charge in [-0.05, 0) is 43.9 Å². The van der Waals surface area contributed by atoms with Crippen molar-refractivity contribution >= 4 is 22.9 Å². The molecule has 0 spiro atoms. The molecule has 37 heavy (non-hydrogen) atoms. The number of amides is 1. The number of carbonyl (C=O) groups is 1. The molecule has 2 fully saturated rings. The Kier molecular flexibility index (Phi) is 7.28. The third-order valence-corrected chi connectivity index (χ3v) is 7.53. The molecule has 5 rings (SSSR count). The maximum atomic E-state index is 15.8. The summed E-state index contributed by atoms with van der Waals surface area (Å²) in [5, 5.41) is 0. The van der Waals surface area contributed by atoms with Crippen molar-refractivity contribution in [3.05, 3.63) is 41.7 Å². The molecule has 2 aromatic heterocycles. The highest BCUT2D eigenvalue weighted by molar-refractivity contribution is 5.85. The van der Waals surface area contributed by atoms with Crippen molar-refractivity contribution in [2.45, 2.75) is 64.2 Å². The Bertz CT molecular complexity index is 1230. The number of piperidine rings is 2. The Morgan fingerprint density at radius 1 is 1.16 bits per heavy atom. The van der Waals surface area contributed by atoms with Gasteiger partial charge >= 0.3 is 0 Å². The van der Waals surface area contributed by atoms with Crippen LogP contribution < -0.4 is 10.5 Å². The van der Waals surface area contributed by atoms with E-state index in [4.69, 9.17) is 15.5 Å². The van der Waals surface area contributed by atoms with Gasteiger partial charge < -0.3 is 15.4 Å². The normalized spacial score (nSPS) is 18.8. The number of benzene rings is 1. The van der Waals surface area contributed by atoms with Crippen molar-refractivity contribution in [3.63, 3.8) is 0 Å². The lowest BCUT2D eigenvalue weighted by Gasteiger charge is -2.40. The average molecular weight is 510 g/mol. The fourth-order valence-electron chi connectivity index (χ4n) is 5.43. The van der Waals surface area contributed by atoms with Gasteiger partial charge in [0.05, 0.1) is 17.6 Å². The van der Waals surface area contributed by atoms with E-state index in [9.17, 15) is 4.79 Å². The SMILES string of the molecule is CCCOc1nc2cc(C)ccc2n1C1CCN(C(=O)C2(F)CCN(Cc3cnc(N)nc3)CC2)CC1. The summed E-state index contributed by atoms with van der Waals surface area (Å²) in [7, 11) is 0. The number of nitrogens with zero attached hydrogens (tertiary/aromatic N) is 6. The lowest BCUT2D eigenvalue weighted by atomic mass is 9.90. The van der Waals surface area contributed by atoms with Gasteiger partial charge in [-0.25, -0.2) is 14.4 Å². The molecule has 198 valence electrons. The maximum absolute atomic E-state index is 15.8. The van der Waals surface area contributed by atoms with Crippen LogP contribution in [0.1, 0.15) is 56.2 Å². The van der Waals surface area contributed by atoms with E-state index in [0.29, 0.717) is 45.3 Å². The van der Waals surface area contributed by atoms with E-state index < -0.39 is 5.67 Å². The lowest BCUT2D eigenvalue weighted by molar-refractivity contribution is -0.148. The minimum atomic E-state index is -1.81. The minimum Gasteiger partial charge on any atom is -0.465 e. The summed E-state index contributed by atoms with van der Waals surface area (Å²) in [5.74, 6) is -0.129. The highest BCUT2D eigenvalue weighted by Crippen LogP contribution is 2.35. The first-order chi connectivity index (χ1) is 17.9. The van der Waals surface area contributed by atoms with E-state index in [1.165, 1.54) is 0 Å². The van der Waals surface area contributed by atoms with Crippen LogP contribution in [-0.2, 0) is 11.3 Å². The Hall–Kier alpha value is -3.27. The van der Waals surface area contributed by atoms with Crippen LogP contribution in [-0.4, -0.2) is 73.7 Å². The molecule has 2 aliphatic rings. The van der Waals surface area contributed by atoms with Gasteiger partial charge in [-0.2, -0.15) is 4.98 Å².